The van der Waals surface area contributed by atoms with E-state index in [1.165, 1.54) is 4.31 Å². The molecule has 1 rings (SSSR count). The highest BCUT2D eigenvalue weighted by molar-refractivity contribution is 7.87. The molecule has 0 radical (unpaired) electrons. The van der Waals surface area contributed by atoms with E-state index in [9.17, 15) is 8.42 Å². The maximum atomic E-state index is 11.7. The fraction of sp³-hybridized carbons (Fsp3) is 1.00. The Morgan fingerprint density at radius 1 is 1.33 bits per heavy atom. The number of hydrogen-bond acceptors (Lipinski definition) is 3. The standard InChI is InChI=1S/C9H20N2O3S/c1-9(8-12)7-10-15(13,14)11-5-3-2-4-6-11/h9-10,12H,2-8H2,1H3/t9-/m0/s1. The Morgan fingerprint density at radius 2 is 1.93 bits per heavy atom. The summed E-state index contributed by atoms with van der Waals surface area (Å²) < 4.78 is 27.5. The Bertz CT molecular complexity index is 273. The average molecular weight is 236 g/mol. The smallest absolute Gasteiger partial charge is 0.279 e. The summed E-state index contributed by atoms with van der Waals surface area (Å²) in [7, 11) is -3.32. The highest BCUT2D eigenvalue weighted by atomic mass is 32.2. The molecule has 0 bridgehead atoms. The SMILES string of the molecule is C[C@H](CO)CNS(=O)(=O)N1CCCCC1. The molecule has 0 amide bonds. The van der Waals surface area contributed by atoms with Gasteiger partial charge in [0.25, 0.3) is 10.2 Å². The number of nitrogens with one attached hydrogen (secondary N) is 1. The van der Waals surface area contributed by atoms with Gasteiger partial charge in [-0.05, 0) is 18.8 Å². The molecule has 0 aromatic rings. The third-order valence-corrected chi connectivity index (χ3v) is 4.16. The second-order valence-electron chi connectivity index (χ2n) is 4.10. The lowest BCUT2D eigenvalue weighted by molar-refractivity contribution is 0.237. The van der Waals surface area contributed by atoms with Gasteiger partial charge in [-0.1, -0.05) is 13.3 Å². The van der Waals surface area contributed by atoms with Crippen molar-refractivity contribution >= 4 is 10.2 Å². The van der Waals surface area contributed by atoms with Gasteiger partial charge in [-0.3, -0.25) is 0 Å². The van der Waals surface area contributed by atoms with Gasteiger partial charge in [0.2, 0.25) is 0 Å². The van der Waals surface area contributed by atoms with Crippen molar-refractivity contribution in [3.8, 4) is 0 Å². The van der Waals surface area contributed by atoms with Gasteiger partial charge >= 0.3 is 0 Å². The van der Waals surface area contributed by atoms with Crippen LogP contribution in [0.3, 0.4) is 0 Å². The van der Waals surface area contributed by atoms with E-state index in [2.05, 4.69) is 4.72 Å². The van der Waals surface area contributed by atoms with Gasteiger partial charge in [-0.25, -0.2) is 4.72 Å². The third-order valence-electron chi connectivity index (χ3n) is 2.58. The van der Waals surface area contributed by atoms with Gasteiger partial charge in [0, 0.05) is 26.2 Å². The normalized spacial score (nSPS) is 21.5. The Morgan fingerprint density at radius 3 is 2.47 bits per heavy atom. The van der Waals surface area contributed by atoms with E-state index in [0.717, 1.165) is 19.3 Å². The predicted octanol–water partition coefficient (Wildman–Crippen LogP) is -0.0649. The van der Waals surface area contributed by atoms with E-state index < -0.39 is 10.2 Å². The third kappa shape index (κ3) is 4.06. The monoisotopic (exact) mass is 236 g/mol. The molecule has 0 aromatic carbocycles. The molecule has 0 aromatic heterocycles. The predicted molar refractivity (Wildman–Crippen MR) is 58.6 cm³/mol. The van der Waals surface area contributed by atoms with Gasteiger partial charge in [0.1, 0.15) is 0 Å². The summed E-state index contributed by atoms with van der Waals surface area (Å²) in [4.78, 5) is 0. The zero-order chi connectivity index (χ0) is 11.3. The van der Waals surface area contributed by atoms with E-state index in [4.69, 9.17) is 5.11 Å². The number of aliphatic hydroxyl groups excluding tert-OH is 1. The molecule has 1 heterocycles. The molecule has 5 nitrogen and oxygen atoms in total. The van der Waals surface area contributed by atoms with Crippen molar-refractivity contribution in [1.82, 2.24) is 9.03 Å². The molecule has 6 heteroatoms. The van der Waals surface area contributed by atoms with Gasteiger partial charge < -0.3 is 5.11 Å². The van der Waals surface area contributed by atoms with E-state index in [1.807, 2.05) is 0 Å². The van der Waals surface area contributed by atoms with Crippen LogP contribution in [0.2, 0.25) is 0 Å². The molecule has 1 aliphatic heterocycles. The largest absolute Gasteiger partial charge is 0.396 e. The lowest BCUT2D eigenvalue weighted by Crippen LogP contribution is -2.44. The molecule has 1 aliphatic rings. The maximum Gasteiger partial charge on any atom is 0.279 e. The van der Waals surface area contributed by atoms with E-state index >= 15 is 0 Å². The molecule has 0 aliphatic carbocycles. The molecule has 0 saturated carbocycles. The topological polar surface area (TPSA) is 69.6 Å². The maximum absolute atomic E-state index is 11.7. The molecule has 1 saturated heterocycles. The first-order valence-corrected chi connectivity index (χ1v) is 6.86. The molecular weight excluding hydrogens is 216 g/mol. The number of rotatable bonds is 5. The first-order chi connectivity index (χ1) is 7.06. The zero-order valence-electron chi connectivity index (χ0n) is 9.15. The lowest BCUT2D eigenvalue weighted by atomic mass is 10.2. The molecule has 1 fully saturated rings. The van der Waals surface area contributed by atoms with Crippen LogP contribution in [-0.2, 0) is 10.2 Å². The van der Waals surface area contributed by atoms with Crippen molar-refractivity contribution in [3.63, 3.8) is 0 Å². The highest BCUT2D eigenvalue weighted by Crippen LogP contribution is 2.11. The summed E-state index contributed by atoms with van der Waals surface area (Å²) in [6.07, 6.45) is 2.99. The highest BCUT2D eigenvalue weighted by Gasteiger charge is 2.23. The van der Waals surface area contributed by atoms with Crippen LogP contribution in [0.5, 0.6) is 0 Å². The van der Waals surface area contributed by atoms with Gasteiger partial charge in [-0.15, -0.1) is 0 Å². The molecule has 0 spiro atoms. The van der Waals surface area contributed by atoms with E-state index in [0.29, 0.717) is 19.6 Å². The number of nitrogens with zero attached hydrogens (tertiary/aromatic N) is 1. The van der Waals surface area contributed by atoms with Crippen LogP contribution in [0.15, 0.2) is 0 Å². The minimum Gasteiger partial charge on any atom is -0.396 e. The summed E-state index contributed by atoms with van der Waals surface area (Å²) >= 11 is 0. The van der Waals surface area contributed by atoms with E-state index in [-0.39, 0.29) is 12.5 Å². The Hall–Kier alpha value is -0.170. The quantitative estimate of drug-likeness (QED) is 0.702. The van der Waals surface area contributed by atoms with Crippen LogP contribution in [0.1, 0.15) is 26.2 Å². The fourth-order valence-electron chi connectivity index (χ4n) is 1.51. The van der Waals surface area contributed by atoms with Crippen LogP contribution < -0.4 is 4.72 Å². The Kier molecular flexibility index (Phi) is 4.98. The average Bonchev–Trinajstić information content (AvgIpc) is 2.27. The number of piperidine rings is 1. The van der Waals surface area contributed by atoms with Crippen LogP contribution in [0.4, 0.5) is 0 Å². The second-order valence-corrected chi connectivity index (χ2v) is 5.86. The summed E-state index contributed by atoms with van der Waals surface area (Å²) in [5.41, 5.74) is 0. The number of hydrogen-bond donors (Lipinski definition) is 2. The minimum atomic E-state index is -3.32. The van der Waals surface area contributed by atoms with Gasteiger partial charge in [-0.2, -0.15) is 12.7 Å². The van der Waals surface area contributed by atoms with Crippen molar-refractivity contribution in [3.05, 3.63) is 0 Å². The zero-order valence-corrected chi connectivity index (χ0v) is 9.96. The Balaban J connectivity index is 2.43. The summed E-state index contributed by atoms with van der Waals surface area (Å²) in [5, 5.41) is 8.79. The van der Waals surface area contributed by atoms with Crippen LogP contribution in [0.25, 0.3) is 0 Å². The van der Waals surface area contributed by atoms with Crippen molar-refractivity contribution in [2.45, 2.75) is 26.2 Å². The van der Waals surface area contributed by atoms with Crippen LogP contribution in [0, 0.1) is 5.92 Å². The fourth-order valence-corrected chi connectivity index (χ4v) is 2.93. The van der Waals surface area contributed by atoms with Gasteiger partial charge in [0.05, 0.1) is 0 Å². The lowest BCUT2D eigenvalue weighted by Gasteiger charge is -2.26. The molecule has 90 valence electrons. The molecule has 15 heavy (non-hydrogen) atoms. The van der Waals surface area contributed by atoms with Crippen molar-refractivity contribution < 1.29 is 13.5 Å². The second kappa shape index (κ2) is 5.79. The van der Waals surface area contributed by atoms with Crippen molar-refractivity contribution in [2.24, 2.45) is 5.92 Å². The minimum absolute atomic E-state index is 0.00250. The van der Waals surface area contributed by atoms with E-state index in [1.54, 1.807) is 6.92 Å². The molecule has 2 N–H and O–H groups in total. The van der Waals surface area contributed by atoms with Crippen molar-refractivity contribution in [2.75, 3.05) is 26.2 Å². The summed E-state index contributed by atoms with van der Waals surface area (Å²) in [5.74, 6) is -0.0374. The summed E-state index contributed by atoms with van der Waals surface area (Å²) in [6, 6.07) is 0. The number of aliphatic hydroxyl groups is 1. The molecule has 1 atom stereocenters. The molecule has 0 unspecified atom stereocenters. The Labute approximate surface area is 91.7 Å². The van der Waals surface area contributed by atoms with Crippen LogP contribution >= 0.6 is 0 Å². The summed E-state index contributed by atoms with van der Waals surface area (Å²) in [6.45, 7) is 3.34. The van der Waals surface area contributed by atoms with Gasteiger partial charge in [0.15, 0.2) is 0 Å². The van der Waals surface area contributed by atoms with Crippen LogP contribution in [-0.4, -0.2) is 44.1 Å². The first-order valence-electron chi connectivity index (χ1n) is 5.42. The first kappa shape index (κ1) is 12.9. The van der Waals surface area contributed by atoms with Crippen molar-refractivity contribution in [1.29, 1.82) is 0 Å². The molecular formula is C9H20N2O3S.